The highest BCUT2D eigenvalue weighted by atomic mass is 16.4. The highest BCUT2D eigenvalue weighted by Gasteiger charge is 1.99. The molecule has 0 aliphatic heterocycles. The van der Waals surface area contributed by atoms with E-state index in [-0.39, 0.29) is 0 Å². The molecule has 0 saturated carbocycles. The second-order valence-corrected chi connectivity index (χ2v) is 3.26. The second-order valence-electron chi connectivity index (χ2n) is 3.26. The molecule has 0 heterocycles. The first-order chi connectivity index (χ1) is 6.56. The zero-order valence-corrected chi connectivity index (χ0v) is 9.33. The molecule has 0 amide bonds. The van der Waals surface area contributed by atoms with Gasteiger partial charge in [-0.2, -0.15) is 0 Å². The normalized spacial score (nSPS) is 11.1. The van der Waals surface area contributed by atoms with Crippen LogP contribution in [0.4, 0.5) is 0 Å². The van der Waals surface area contributed by atoms with Gasteiger partial charge in [0.05, 0.1) is 0 Å². The molecule has 0 fully saturated rings. The van der Waals surface area contributed by atoms with Crippen LogP contribution < -0.4 is 5.73 Å². The Bertz CT molecular complexity index is 144. The highest BCUT2D eigenvalue weighted by Crippen LogP contribution is 2.01. The molecule has 0 aliphatic carbocycles. The van der Waals surface area contributed by atoms with E-state index in [9.17, 15) is 4.79 Å². The fourth-order valence-electron chi connectivity index (χ4n) is 0.715. The fraction of sp³-hybridized carbons (Fsp3) is 0.727. The lowest BCUT2D eigenvalue weighted by atomic mass is 10.2. The van der Waals surface area contributed by atoms with Crippen LogP contribution in [0.2, 0.25) is 0 Å². The number of hydrogen-bond acceptors (Lipinski definition) is 2. The minimum atomic E-state index is -0.963. The van der Waals surface area contributed by atoms with E-state index in [1.165, 1.54) is 39.0 Å². The summed E-state index contributed by atoms with van der Waals surface area (Å²) in [5, 5.41) is 7.87. The molecule has 0 spiro atoms. The third kappa shape index (κ3) is 17.3. The number of rotatable bonds is 6. The average Bonchev–Trinajstić information content (AvgIpc) is 2.13. The standard InChI is InChI=1S/C8H16.C3H7NO2/c1-3-5-7-8-6-4-2;1-2(4)3(5)6/h3H,1,4-8H2,2H3;2H,4H2,1H3,(H,5,6). The van der Waals surface area contributed by atoms with E-state index in [0.29, 0.717) is 0 Å². The van der Waals surface area contributed by atoms with Crippen LogP contribution in [0, 0.1) is 0 Å². The van der Waals surface area contributed by atoms with Crippen molar-refractivity contribution in [1.82, 2.24) is 0 Å². The van der Waals surface area contributed by atoms with Gasteiger partial charge in [-0.3, -0.25) is 4.79 Å². The van der Waals surface area contributed by atoms with Crippen LogP contribution in [0.15, 0.2) is 12.7 Å². The van der Waals surface area contributed by atoms with Crippen molar-refractivity contribution in [3.05, 3.63) is 12.7 Å². The maximum Gasteiger partial charge on any atom is 0.320 e. The van der Waals surface area contributed by atoms with Crippen molar-refractivity contribution >= 4 is 5.97 Å². The molecule has 84 valence electrons. The van der Waals surface area contributed by atoms with E-state index < -0.39 is 12.0 Å². The Morgan fingerprint density at radius 2 is 2.00 bits per heavy atom. The topological polar surface area (TPSA) is 63.3 Å². The monoisotopic (exact) mass is 201 g/mol. The summed E-state index contributed by atoms with van der Waals surface area (Å²) in [4.78, 5) is 9.57. The number of aliphatic carboxylic acids is 1. The Balaban J connectivity index is 0. The second kappa shape index (κ2) is 12.2. The van der Waals surface area contributed by atoms with Crippen LogP contribution in [-0.4, -0.2) is 17.1 Å². The van der Waals surface area contributed by atoms with Gasteiger partial charge in [0, 0.05) is 0 Å². The highest BCUT2D eigenvalue weighted by molar-refractivity contribution is 5.72. The van der Waals surface area contributed by atoms with Gasteiger partial charge in [-0.1, -0.05) is 32.3 Å². The number of nitrogens with two attached hydrogens (primary N) is 1. The van der Waals surface area contributed by atoms with Gasteiger partial charge >= 0.3 is 5.97 Å². The summed E-state index contributed by atoms with van der Waals surface area (Å²) in [5.74, 6) is -0.963. The van der Waals surface area contributed by atoms with Crippen LogP contribution in [0.5, 0.6) is 0 Å². The molecule has 1 unspecified atom stereocenters. The lowest BCUT2D eigenvalue weighted by Crippen LogP contribution is -2.25. The summed E-state index contributed by atoms with van der Waals surface area (Å²) in [6.07, 6.45) is 8.61. The van der Waals surface area contributed by atoms with Gasteiger partial charge in [-0.25, -0.2) is 0 Å². The molecule has 0 aromatic rings. The summed E-state index contributed by atoms with van der Waals surface area (Å²) < 4.78 is 0. The first-order valence-electron chi connectivity index (χ1n) is 5.15. The van der Waals surface area contributed by atoms with E-state index in [1.807, 2.05) is 6.08 Å². The van der Waals surface area contributed by atoms with Crippen molar-refractivity contribution in [2.24, 2.45) is 5.73 Å². The lowest BCUT2D eigenvalue weighted by Gasteiger charge is -1.91. The van der Waals surface area contributed by atoms with Crippen LogP contribution in [0.1, 0.15) is 46.0 Å². The molecular weight excluding hydrogens is 178 g/mol. The zero-order valence-electron chi connectivity index (χ0n) is 9.33. The molecule has 14 heavy (non-hydrogen) atoms. The van der Waals surface area contributed by atoms with Crippen molar-refractivity contribution < 1.29 is 9.90 Å². The van der Waals surface area contributed by atoms with Crippen molar-refractivity contribution in [1.29, 1.82) is 0 Å². The maximum atomic E-state index is 9.57. The fourth-order valence-corrected chi connectivity index (χ4v) is 0.715. The maximum absolute atomic E-state index is 9.57. The molecule has 3 N–H and O–H groups in total. The number of carbonyl (C=O) groups is 1. The van der Waals surface area contributed by atoms with E-state index in [0.717, 1.165) is 0 Å². The molecule has 0 radical (unpaired) electrons. The van der Waals surface area contributed by atoms with Gasteiger partial charge in [-0.05, 0) is 19.8 Å². The summed E-state index contributed by atoms with van der Waals surface area (Å²) in [7, 11) is 0. The SMILES string of the molecule is C=CCCCCCC.CC(N)C(=O)O. The molecule has 3 heteroatoms. The smallest absolute Gasteiger partial charge is 0.320 e. The predicted molar refractivity (Wildman–Crippen MR) is 60.2 cm³/mol. The zero-order chi connectivity index (χ0) is 11.4. The third-order valence-corrected chi connectivity index (χ3v) is 1.65. The molecule has 0 bridgehead atoms. The first kappa shape index (κ1) is 15.6. The minimum Gasteiger partial charge on any atom is -0.480 e. The van der Waals surface area contributed by atoms with E-state index in [1.54, 1.807) is 0 Å². The number of carboxylic acids is 1. The predicted octanol–water partition coefficient (Wildman–Crippen LogP) is 2.56. The molecule has 1 atom stereocenters. The first-order valence-corrected chi connectivity index (χ1v) is 5.15. The van der Waals surface area contributed by atoms with Gasteiger partial charge in [0.2, 0.25) is 0 Å². The van der Waals surface area contributed by atoms with Crippen molar-refractivity contribution in [2.75, 3.05) is 0 Å². The Morgan fingerprint density at radius 1 is 1.50 bits per heavy atom. The third-order valence-electron chi connectivity index (χ3n) is 1.65. The molecular formula is C11H23NO2. The minimum absolute atomic E-state index is 0.731. The van der Waals surface area contributed by atoms with Gasteiger partial charge in [-0.15, -0.1) is 6.58 Å². The van der Waals surface area contributed by atoms with Gasteiger partial charge in [0.15, 0.2) is 0 Å². The van der Waals surface area contributed by atoms with E-state index in [2.05, 4.69) is 13.5 Å². The van der Waals surface area contributed by atoms with Gasteiger partial charge < -0.3 is 10.8 Å². The summed E-state index contributed by atoms with van der Waals surface area (Å²) in [6, 6.07) is -0.731. The molecule has 0 aromatic carbocycles. The van der Waals surface area contributed by atoms with Crippen LogP contribution >= 0.6 is 0 Å². The van der Waals surface area contributed by atoms with Crippen molar-refractivity contribution in [2.45, 2.75) is 52.0 Å². The van der Waals surface area contributed by atoms with Gasteiger partial charge in [0.25, 0.3) is 0 Å². The largest absolute Gasteiger partial charge is 0.480 e. The molecule has 0 aliphatic rings. The van der Waals surface area contributed by atoms with Crippen molar-refractivity contribution in [3.8, 4) is 0 Å². The molecule has 0 saturated heterocycles. The number of hydrogen-bond donors (Lipinski definition) is 2. The average molecular weight is 201 g/mol. The number of carboxylic acid groups (broad SMARTS) is 1. The Kier molecular flexibility index (Phi) is 13.6. The molecule has 3 nitrogen and oxygen atoms in total. The Morgan fingerprint density at radius 3 is 2.29 bits per heavy atom. The lowest BCUT2D eigenvalue weighted by molar-refractivity contribution is -0.138. The van der Waals surface area contributed by atoms with E-state index in [4.69, 9.17) is 10.8 Å². The Hall–Kier alpha value is -0.830. The molecule has 0 aromatic heterocycles. The summed E-state index contributed by atoms with van der Waals surface area (Å²) in [6.45, 7) is 7.31. The van der Waals surface area contributed by atoms with E-state index >= 15 is 0 Å². The Labute approximate surface area is 87.0 Å². The number of unbranched alkanes of at least 4 members (excludes halogenated alkanes) is 4. The van der Waals surface area contributed by atoms with Crippen LogP contribution in [0.3, 0.4) is 0 Å². The summed E-state index contributed by atoms with van der Waals surface area (Å²) in [5.41, 5.74) is 4.84. The van der Waals surface area contributed by atoms with Crippen LogP contribution in [-0.2, 0) is 4.79 Å². The number of allylic oxidation sites excluding steroid dienone is 1. The summed E-state index contributed by atoms with van der Waals surface area (Å²) >= 11 is 0. The van der Waals surface area contributed by atoms with Gasteiger partial charge in [0.1, 0.15) is 6.04 Å². The van der Waals surface area contributed by atoms with Crippen LogP contribution in [0.25, 0.3) is 0 Å². The quantitative estimate of drug-likeness (QED) is 0.513. The molecule has 0 rings (SSSR count). The van der Waals surface area contributed by atoms with Crippen molar-refractivity contribution in [3.63, 3.8) is 0 Å².